The van der Waals surface area contributed by atoms with Crippen LogP contribution < -0.4 is 0 Å². The Hall–Kier alpha value is -3.13. The second-order valence-electron chi connectivity index (χ2n) is 6.36. The van der Waals surface area contributed by atoms with Crippen molar-refractivity contribution < 1.29 is 9.53 Å². The summed E-state index contributed by atoms with van der Waals surface area (Å²) < 4.78 is 5.95. The predicted molar refractivity (Wildman–Crippen MR) is 101 cm³/mol. The van der Waals surface area contributed by atoms with Gasteiger partial charge in [-0.15, -0.1) is 0 Å². The van der Waals surface area contributed by atoms with Crippen LogP contribution in [0.5, 0.6) is 0 Å². The number of esters is 1. The van der Waals surface area contributed by atoms with Crippen LogP contribution in [0.2, 0.25) is 0 Å². The molecule has 0 radical (unpaired) electrons. The van der Waals surface area contributed by atoms with Gasteiger partial charge in [-0.3, -0.25) is 0 Å². The summed E-state index contributed by atoms with van der Waals surface area (Å²) in [5, 5.41) is 2.30. The molecule has 1 atom stereocenters. The minimum Gasteiger partial charge on any atom is -0.441 e. The Morgan fingerprint density at radius 3 is 2.48 bits per heavy atom. The second-order valence-corrected chi connectivity index (χ2v) is 6.36. The van der Waals surface area contributed by atoms with Crippen molar-refractivity contribution in [1.82, 2.24) is 0 Å². The standard InChI is InChI=1S/C23H18O2/c1-4-23(25-22(24)15(2)3)19-12-8-7-11-18(19)21-17-10-6-5-9-16(17)13-14-20(21)23/h4-14H,1-2H2,3H3. The molecule has 3 aromatic rings. The summed E-state index contributed by atoms with van der Waals surface area (Å²) in [6.07, 6.45) is 1.72. The highest BCUT2D eigenvalue weighted by molar-refractivity contribution is 6.03. The third-order valence-electron chi connectivity index (χ3n) is 4.82. The zero-order valence-electron chi connectivity index (χ0n) is 14.1. The van der Waals surface area contributed by atoms with Crippen LogP contribution in [-0.4, -0.2) is 5.97 Å². The van der Waals surface area contributed by atoms with Gasteiger partial charge in [0, 0.05) is 16.7 Å². The van der Waals surface area contributed by atoms with Crippen molar-refractivity contribution >= 4 is 16.7 Å². The third kappa shape index (κ3) is 2.07. The van der Waals surface area contributed by atoms with Gasteiger partial charge in [-0.1, -0.05) is 73.8 Å². The van der Waals surface area contributed by atoms with Gasteiger partial charge in [0.15, 0.2) is 5.60 Å². The normalized spacial score (nSPS) is 17.6. The van der Waals surface area contributed by atoms with E-state index in [-0.39, 0.29) is 0 Å². The summed E-state index contributed by atoms with van der Waals surface area (Å²) in [6, 6.07) is 20.4. The number of carbonyl (C=O) groups is 1. The first-order chi connectivity index (χ1) is 12.1. The highest BCUT2D eigenvalue weighted by Crippen LogP contribution is 2.52. The second kappa shape index (κ2) is 5.45. The number of hydrogen-bond donors (Lipinski definition) is 0. The molecule has 2 heteroatoms. The molecule has 1 aliphatic rings. The number of ether oxygens (including phenoxy) is 1. The van der Waals surface area contributed by atoms with Crippen LogP contribution in [0.4, 0.5) is 0 Å². The van der Waals surface area contributed by atoms with Crippen molar-refractivity contribution in [1.29, 1.82) is 0 Å². The first-order valence-corrected chi connectivity index (χ1v) is 8.23. The average molecular weight is 326 g/mol. The molecule has 25 heavy (non-hydrogen) atoms. The molecule has 122 valence electrons. The molecule has 0 heterocycles. The summed E-state index contributed by atoms with van der Waals surface area (Å²) in [5.74, 6) is -0.421. The van der Waals surface area contributed by atoms with Crippen LogP contribution in [0.15, 0.2) is 85.5 Å². The maximum absolute atomic E-state index is 12.4. The Morgan fingerprint density at radius 1 is 1.00 bits per heavy atom. The average Bonchev–Trinajstić information content (AvgIpc) is 2.92. The van der Waals surface area contributed by atoms with Gasteiger partial charge in [-0.05, 0) is 34.9 Å². The predicted octanol–water partition coefficient (Wildman–Crippen LogP) is 5.37. The molecule has 0 saturated carbocycles. The van der Waals surface area contributed by atoms with Gasteiger partial charge in [0.1, 0.15) is 0 Å². The van der Waals surface area contributed by atoms with Gasteiger partial charge in [0.2, 0.25) is 0 Å². The Labute approximate surface area is 147 Å². The summed E-state index contributed by atoms with van der Waals surface area (Å²) >= 11 is 0. The molecule has 4 rings (SSSR count). The lowest BCUT2D eigenvalue weighted by atomic mass is 9.90. The van der Waals surface area contributed by atoms with Crippen LogP contribution in [0.25, 0.3) is 21.9 Å². The monoisotopic (exact) mass is 326 g/mol. The number of fused-ring (bicyclic) bond motifs is 5. The van der Waals surface area contributed by atoms with Gasteiger partial charge in [-0.25, -0.2) is 4.79 Å². The minimum absolute atomic E-state index is 0.368. The number of hydrogen-bond acceptors (Lipinski definition) is 2. The topological polar surface area (TPSA) is 26.3 Å². The fourth-order valence-corrected chi connectivity index (χ4v) is 3.65. The fraction of sp³-hybridized carbons (Fsp3) is 0.0870. The van der Waals surface area contributed by atoms with Crippen molar-refractivity contribution in [2.45, 2.75) is 12.5 Å². The summed E-state index contributed by atoms with van der Waals surface area (Å²) in [5.41, 5.74) is 3.43. The van der Waals surface area contributed by atoms with Crippen molar-refractivity contribution in [2.75, 3.05) is 0 Å². The van der Waals surface area contributed by atoms with E-state index in [2.05, 4.69) is 37.4 Å². The zero-order valence-corrected chi connectivity index (χ0v) is 14.1. The number of carbonyl (C=O) groups excluding carboxylic acids is 1. The van der Waals surface area contributed by atoms with Gasteiger partial charge in [0.05, 0.1) is 0 Å². The summed E-state index contributed by atoms with van der Waals surface area (Å²) in [6.45, 7) is 9.37. The molecule has 0 saturated heterocycles. The Kier molecular flexibility index (Phi) is 3.36. The number of rotatable bonds is 3. The molecule has 0 fully saturated rings. The molecule has 0 spiro atoms. The molecule has 1 unspecified atom stereocenters. The van der Waals surface area contributed by atoms with Crippen LogP contribution in [0.3, 0.4) is 0 Å². The first-order valence-electron chi connectivity index (χ1n) is 8.23. The highest BCUT2D eigenvalue weighted by atomic mass is 16.6. The number of benzene rings is 3. The molecule has 0 N–H and O–H groups in total. The van der Waals surface area contributed by atoms with Crippen molar-refractivity contribution in [3.05, 3.63) is 96.6 Å². The quantitative estimate of drug-likeness (QED) is 0.367. The van der Waals surface area contributed by atoms with Gasteiger partial charge in [-0.2, -0.15) is 0 Å². The van der Waals surface area contributed by atoms with E-state index < -0.39 is 11.6 Å². The van der Waals surface area contributed by atoms with E-state index in [9.17, 15) is 4.79 Å². The molecular formula is C23H18O2. The molecule has 3 aromatic carbocycles. The lowest BCUT2D eigenvalue weighted by Crippen LogP contribution is -2.29. The van der Waals surface area contributed by atoms with Gasteiger partial charge >= 0.3 is 5.97 Å². The van der Waals surface area contributed by atoms with Crippen molar-refractivity contribution in [2.24, 2.45) is 0 Å². The largest absolute Gasteiger partial charge is 0.441 e. The maximum Gasteiger partial charge on any atom is 0.334 e. The molecule has 0 aromatic heterocycles. The molecule has 2 nitrogen and oxygen atoms in total. The fourth-order valence-electron chi connectivity index (χ4n) is 3.65. The van der Waals surface area contributed by atoms with Gasteiger partial charge in [0.25, 0.3) is 0 Å². The summed E-state index contributed by atoms with van der Waals surface area (Å²) in [7, 11) is 0. The molecule has 0 aliphatic heterocycles. The Bertz CT molecular complexity index is 1040. The van der Waals surface area contributed by atoms with Gasteiger partial charge < -0.3 is 4.74 Å². The Balaban J connectivity index is 2.09. The SMILES string of the molecule is C=CC1(OC(=O)C(=C)C)c2ccccc2-c2c1ccc1ccccc21. The zero-order chi connectivity index (χ0) is 17.6. The van der Waals surface area contributed by atoms with E-state index in [0.29, 0.717) is 5.57 Å². The third-order valence-corrected chi connectivity index (χ3v) is 4.82. The smallest absolute Gasteiger partial charge is 0.334 e. The van der Waals surface area contributed by atoms with E-state index in [1.165, 1.54) is 0 Å². The lowest BCUT2D eigenvalue weighted by Gasteiger charge is -2.28. The first kappa shape index (κ1) is 15.4. The molecule has 0 bridgehead atoms. The van der Waals surface area contributed by atoms with Crippen molar-refractivity contribution in [3.63, 3.8) is 0 Å². The van der Waals surface area contributed by atoms with E-state index in [4.69, 9.17) is 4.74 Å². The lowest BCUT2D eigenvalue weighted by molar-refractivity contribution is -0.147. The minimum atomic E-state index is -0.994. The van der Waals surface area contributed by atoms with Crippen molar-refractivity contribution in [3.8, 4) is 11.1 Å². The van der Waals surface area contributed by atoms with E-state index in [1.807, 2.05) is 36.4 Å². The molecule has 0 amide bonds. The van der Waals surface area contributed by atoms with E-state index >= 15 is 0 Å². The highest BCUT2D eigenvalue weighted by Gasteiger charge is 2.45. The van der Waals surface area contributed by atoms with Crippen LogP contribution in [-0.2, 0) is 15.1 Å². The maximum atomic E-state index is 12.4. The van der Waals surface area contributed by atoms with Crippen LogP contribution in [0, 0.1) is 0 Å². The van der Waals surface area contributed by atoms with E-state index in [0.717, 1.165) is 33.0 Å². The van der Waals surface area contributed by atoms with Crippen LogP contribution in [0.1, 0.15) is 18.1 Å². The molecular weight excluding hydrogens is 308 g/mol. The van der Waals surface area contributed by atoms with E-state index in [1.54, 1.807) is 13.0 Å². The summed E-state index contributed by atoms with van der Waals surface area (Å²) in [4.78, 5) is 12.4. The molecule has 1 aliphatic carbocycles. The Morgan fingerprint density at radius 2 is 1.72 bits per heavy atom. The van der Waals surface area contributed by atoms with Crippen LogP contribution >= 0.6 is 0 Å².